The van der Waals surface area contributed by atoms with Gasteiger partial charge in [-0.2, -0.15) is 0 Å². The van der Waals surface area contributed by atoms with Crippen molar-refractivity contribution in [3.8, 4) is 0 Å². The zero-order chi connectivity index (χ0) is 7.07. The van der Waals surface area contributed by atoms with E-state index in [1.54, 1.807) is 0 Å². The van der Waals surface area contributed by atoms with Crippen LogP contribution in [0.5, 0.6) is 0 Å². The Balaban J connectivity index is 2.69. The lowest BCUT2D eigenvalue weighted by atomic mass is 10.3. The SMILES string of the molecule is O=S1CC(Cl)C(Cl)(Cl)C1. The molecule has 0 aromatic carbocycles. The van der Waals surface area contributed by atoms with Gasteiger partial charge in [-0.15, -0.1) is 11.6 Å². The Morgan fingerprint density at radius 3 is 2.22 bits per heavy atom. The summed E-state index contributed by atoms with van der Waals surface area (Å²) in [6.07, 6.45) is 0. The van der Waals surface area contributed by atoms with Crippen molar-refractivity contribution in [1.29, 1.82) is 0 Å². The predicted molar refractivity (Wildman–Crippen MR) is 42.0 cm³/mol. The number of hydrogen-bond donors (Lipinski definition) is 0. The maximum absolute atomic E-state index is 10.7. The first-order chi connectivity index (χ1) is 4.02. The minimum Gasteiger partial charge on any atom is -0.259 e. The standard InChI is InChI=1S/C4H5Cl3OS/c5-3-1-9(8)2-4(3,6)7/h3H,1-2H2. The second kappa shape index (κ2) is 2.57. The molecule has 2 atom stereocenters. The van der Waals surface area contributed by atoms with E-state index >= 15 is 0 Å². The van der Waals surface area contributed by atoms with E-state index in [1.165, 1.54) is 0 Å². The fourth-order valence-electron chi connectivity index (χ4n) is 0.649. The maximum atomic E-state index is 10.7. The Morgan fingerprint density at radius 2 is 2.11 bits per heavy atom. The van der Waals surface area contributed by atoms with Gasteiger partial charge >= 0.3 is 0 Å². The van der Waals surface area contributed by atoms with E-state index in [2.05, 4.69) is 0 Å². The van der Waals surface area contributed by atoms with Crippen LogP contribution in [0.1, 0.15) is 0 Å². The monoisotopic (exact) mass is 206 g/mol. The van der Waals surface area contributed by atoms with Gasteiger partial charge in [-0.05, 0) is 0 Å². The van der Waals surface area contributed by atoms with Crippen LogP contribution in [0.15, 0.2) is 0 Å². The van der Waals surface area contributed by atoms with Crippen molar-refractivity contribution in [2.75, 3.05) is 11.5 Å². The molecule has 9 heavy (non-hydrogen) atoms. The Labute approximate surface area is 71.1 Å². The molecule has 1 nitrogen and oxygen atoms in total. The van der Waals surface area contributed by atoms with Crippen molar-refractivity contribution in [2.24, 2.45) is 0 Å². The van der Waals surface area contributed by atoms with Crippen LogP contribution in [0.4, 0.5) is 0 Å². The largest absolute Gasteiger partial charge is 0.259 e. The molecule has 1 fully saturated rings. The fraction of sp³-hybridized carbons (Fsp3) is 1.00. The van der Waals surface area contributed by atoms with Gasteiger partial charge < -0.3 is 0 Å². The first-order valence-electron chi connectivity index (χ1n) is 2.39. The summed E-state index contributed by atoms with van der Waals surface area (Å²) in [6.45, 7) is 0. The summed E-state index contributed by atoms with van der Waals surface area (Å²) in [4.78, 5) is 0. The molecule has 0 bridgehead atoms. The van der Waals surface area contributed by atoms with Crippen LogP contribution >= 0.6 is 34.8 Å². The first-order valence-corrected chi connectivity index (χ1v) is 5.07. The molecular weight excluding hydrogens is 202 g/mol. The minimum absolute atomic E-state index is 0.296. The molecule has 0 amide bonds. The normalized spacial score (nSPS) is 41.2. The summed E-state index contributed by atoms with van der Waals surface area (Å²) in [5.41, 5.74) is 0. The summed E-state index contributed by atoms with van der Waals surface area (Å²) in [7, 11) is -0.918. The molecule has 0 aromatic heterocycles. The average molecular weight is 208 g/mol. The van der Waals surface area contributed by atoms with Crippen LogP contribution in [-0.4, -0.2) is 25.4 Å². The molecule has 1 saturated heterocycles. The van der Waals surface area contributed by atoms with E-state index in [9.17, 15) is 4.21 Å². The highest BCUT2D eigenvalue weighted by atomic mass is 35.5. The Kier molecular flexibility index (Phi) is 2.32. The van der Waals surface area contributed by atoms with Crippen molar-refractivity contribution < 1.29 is 4.21 Å². The van der Waals surface area contributed by atoms with Crippen LogP contribution in [-0.2, 0) is 10.8 Å². The minimum atomic E-state index is -0.966. The van der Waals surface area contributed by atoms with Gasteiger partial charge in [0, 0.05) is 16.6 Å². The van der Waals surface area contributed by atoms with Crippen LogP contribution in [0.25, 0.3) is 0 Å². The molecule has 1 heterocycles. The van der Waals surface area contributed by atoms with Gasteiger partial charge in [0.2, 0.25) is 0 Å². The smallest absolute Gasteiger partial charge is 0.146 e. The van der Waals surface area contributed by atoms with E-state index in [0.717, 1.165) is 0 Å². The number of alkyl halides is 3. The molecule has 0 aromatic rings. The van der Waals surface area contributed by atoms with Crippen LogP contribution in [0, 0.1) is 0 Å². The van der Waals surface area contributed by atoms with E-state index in [4.69, 9.17) is 34.8 Å². The maximum Gasteiger partial charge on any atom is 0.146 e. The van der Waals surface area contributed by atoms with Gasteiger partial charge in [0.25, 0.3) is 0 Å². The molecule has 5 heteroatoms. The third kappa shape index (κ3) is 1.73. The summed E-state index contributed by atoms with van der Waals surface area (Å²) in [5, 5.41) is -0.360. The molecule has 0 spiro atoms. The van der Waals surface area contributed by atoms with Crippen LogP contribution in [0.2, 0.25) is 0 Å². The molecular formula is C4H5Cl3OS. The highest BCUT2D eigenvalue weighted by Crippen LogP contribution is 2.36. The second-order valence-corrected chi connectivity index (χ2v) is 5.55. The topological polar surface area (TPSA) is 17.1 Å². The predicted octanol–water partition coefficient (Wildman–Crippen LogP) is 1.53. The van der Waals surface area contributed by atoms with E-state index < -0.39 is 15.1 Å². The molecule has 0 aliphatic carbocycles. The molecule has 0 radical (unpaired) electrons. The molecule has 1 rings (SSSR count). The summed E-state index contributed by atoms with van der Waals surface area (Å²) >= 11 is 16.9. The van der Waals surface area contributed by atoms with Crippen LogP contribution in [0.3, 0.4) is 0 Å². The summed E-state index contributed by atoms with van der Waals surface area (Å²) in [5.74, 6) is 0.707. The lowest BCUT2D eigenvalue weighted by molar-refractivity contribution is 0.687. The van der Waals surface area contributed by atoms with E-state index in [-0.39, 0.29) is 5.38 Å². The van der Waals surface area contributed by atoms with Crippen molar-refractivity contribution in [3.63, 3.8) is 0 Å². The van der Waals surface area contributed by atoms with Crippen molar-refractivity contribution >= 4 is 45.6 Å². The highest BCUT2D eigenvalue weighted by Gasteiger charge is 2.42. The van der Waals surface area contributed by atoms with Gasteiger partial charge in [0.15, 0.2) is 0 Å². The third-order valence-corrected chi connectivity index (χ3v) is 4.67. The van der Waals surface area contributed by atoms with Gasteiger partial charge in [-0.25, -0.2) is 0 Å². The highest BCUT2D eigenvalue weighted by molar-refractivity contribution is 7.85. The lowest BCUT2D eigenvalue weighted by Crippen LogP contribution is -2.23. The lowest BCUT2D eigenvalue weighted by Gasteiger charge is -2.12. The van der Waals surface area contributed by atoms with Crippen LogP contribution < -0.4 is 0 Å². The van der Waals surface area contributed by atoms with Gasteiger partial charge in [0.05, 0.1) is 11.1 Å². The van der Waals surface area contributed by atoms with Crippen molar-refractivity contribution in [3.05, 3.63) is 0 Å². The Morgan fingerprint density at radius 1 is 1.56 bits per heavy atom. The zero-order valence-corrected chi connectivity index (χ0v) is 7.53. The molecule has 0 saturated carbocycles. The molecule has 1 aliphatic heterocycles. The van der Waals surface area contributed by atoms with Crippen molar-refractivity contribution in [1.82, 2.24) is 0 Å². The fourth-order valence-corrected chi connectivity index (χ4v) is 3.67. The zero-order valence-electron chi connectivity index (χ0n) is 4.44. The van der Waals surface area contributed by atoms with E-state index in [0.29, 0.717) is 11.5 Å². The van der Waals surface area contributed by atoms with Gasteiger partial charge in [-0.3, -0.25) is 4.21 Å². The Bertz CT molecular complexity index is 147. The summed E-state index contributed by atoms with van der Waals surface area (Å²) < 4.78 is 9.76. The number of hydrogen-bond acceptors (Lipinski definition) is 1. The summed E-state index contributed by atoms with van der Waals surface area (Å²) in [6, 6.07) is 0. The average Bonchev–Trinajstić information content (AvgIpc) is 1.79. The second-order valence-electron chi connectivity index (χ2n) is 1.98. The Hall–Kier alpha value is 1.02. The van der Waals surface area contributed by atoms with Gasteiger partial charge in [-0.1, -0.05) is 23.2 Å². The molecule has 54 valence electrons. The number of halogens is 3. The van der Waals surface area contributed by atoms with Gasteiger partial charge in [0.1, 0.15) is 4.33 Å². The molecule has 0 N–H and O–H groups in total. The molecule has 2 unspecified atom stereocenters. The number of rotatable bonds is 0. The first kappa shape index (κ1) is 8.12. The van der Waals surface area contributed by atoms with Crippen molar-refractivity contribution in [2.45, 2.75) is 9.71 Å². The third-order valence-electron chi connectivity index (χ3n) is 1.14. The quantitative estimate of drug-likeness (QED) is 0.551. The molecule has 1 aliphatic rings. The van der Waals surface area contributed by atoms with E-state index in [1.807, 2.05) is 0 Å².